The number of methoxy groups -OCH3 is 1. The molecular formula is C18H35N7O. The lowest BCUT2D eigenvalue weighted by atomic mass is 10.0. The van der Waals surface area contributed by atoms with E-state index in [2.05, 4.69) is 39.6 Å². The molecule has 1 aromatic heterocycles. The van der Waals surface area contributed by atoms with Crippen LogP contribution in [-0.4, -0.2) is 71.1 Å². The van der Waals surface area contributed by atoms with Crippen LogP contribution in [0.2, 0.25) is 0 Å². The fourth-order valence-electron chi connectivity index (χ4n) is 3.07. The summed E-state index contributed by atoms with van der Waals surface area (Å²) < 4.78 is 7.11. The van der Waals surface area contributed by atoms with E-state index < -0.39 is 0 Å². The van der Waals surface area contributed by atoms with Crippen LogP contribution < -0.4 is 10.6 Å². The third-order valence-corrected chi connectivity index (χ3v) is 4.98. The topological polar surface area (TPSA) is 79.6 Å². The van der Waals surface area contributed by atoms with Gasteiger partial charge in [0.1, 0.15) is 12.4 Å². The zero-order chi connectivity index (χ0) is 18.9. The van der Waals surface area contributed by atoms with Crippen LogP contribution in [0.4, 0.5) is 0 Å². The van der Waals surface area contributed by atoms with E-state index in [1.165, 1.54) is 0 Å². The Labute approximate surface area is 157 Å². The molecule has 0 unspecified atom stereocenters. The second-order valence-electron chi connectivity index (χ2n) is 7.21. The summed E-state index contributed by atoms with van der Waals surface area (Å²) in [7, 11) is 3.70. The lowest BCUT2D eigenvalue weighted by Crippen LogP contribution is -2.50. The minimum Gasteiger partial charge on any atom is -0.385 e. The lowest BCUT2D eigenvalue weighted by molar-refractivity contribution is 0.167. The van der Waals surface area contributed by atoms with Crippen LogP contribution in [0.15, 0.2) is 4.99 Å². The average molecular weight is 366 g/mol. The average Bonchev–Trinajstić information content (AvgIpc) is 2.95. The van der Waals surface area contributed by atoms with Crippen molar-refractivity contribution in [1.82, 2.24) is 30.3 Å². The molecule has 0 radical (unpaired) electrons. The second-order valence-corrected chi connectivity index (χ2v) is 7.21. The molecule has 1 aliphatic rings. The molecule has 0 saturated carbocycles. The summed E-state index contributed by atoms with van der Waals surface area (Å²) in [5.74, 6) is 2.62. The van der Waals surface area contributed by atoms with Crippen LogP contribution in [0.25, 0.3) is 0 Å². The number of rotatable bonds is 8. The molecule has 1 saturated heterocycles. The van der Waals surface area contributed by atoms with Gasteiger partial charge in [-0.05, 0) is 40.0 Å². The van der Waals surface area contributed by atoms with Gasteiger partial charge < -0.3 is 24.8 Å². The molecule has 0 amide bonds. The third-order valence-electron chi connectivity index (χ3n) is 4.98. The van der Waals surface area contributed by atoms with Crippen molar-refractivity contribution in [1.29, 1.82) is 0 Å². The maximum atomic E-state index is 5.13. The molecule has 1 aromatic rings. The largest absolute Gasteiger partial charge is 0.385 e. The van der Waals surface area contributed by atoms with Gasteiger partial charge in [0.05, 0.1) is 0 Å². The minimum atomic E-state index is 0.458. The number of aromatic nitrogens is 3. The first-order chi connectivity index (χ1) is 12.5. The Morgan fingerprint density at radius 1 is 1.31 bits per heavy atom. The Balaban J connectivity index is 1.92. The van der Waals surface area contributed by atoms with E-state index in [1.54, 1.807) is 7.11 Å². The number of hydrogen-bond donors (Lipinski definition) is 2. The summed E-state index contributed by atoms with van der Waals surface area (Å²) in [5.41, 5.74) is 0. The summed E-state index contributed by atoms with van der Waals surface area (Å²) in [5, 5.41) is 15.3. The van der Waals surface area contributed by atoms with E-state index >= 15 is 0 Å². The highest BCUT2D eigenvalue weighted by Crippen LogP contribution is 2.13. The zero-order valence-corrected chi connectivity index (χ0v) is 17.0. The molecule has 0 atom stereocenters. The molecule has 0 aromatic carbocycles. The lowest BCUT2D eigenvalue weighted by Gasteiger charge is -2.35. The smallest absolute Gasteiger partial charge is 0.191 e. The molecule has 2 rings (SSSR count). The van der Waals surface area contributed by atoms with Gasteiger partial charge in [-0.3, -0.25) is 0 Å². The number of aryl methyl sites for hydroxylation is 1. The van der Waals surface area contributed by atoms with Crippen molar-refractivity contribution in [2.75, 3.05) is 33.4 Å². The highest BCUT2D eigenvalue weighted by molar-refractivity contribution is 5.80. The zero-order valence-electron chi connectivity index (χ0n) is 17.0. The summed E-state index contributed by atoms with van der Waals surface area (Å²) in [6.45, 7) is 10.8. The number of piperidine rings is 1. The maximum absolute atomic E-state index is 5.13. The van der Waals surface area contributed by atoms with E-state index in [-0.39, 0.29) is 0 Å². The Morgan fingerprint density at radius 2 is 2.04 bits per heavy atom. The first-order valence-electron chi connectivity index (χ1n) is 9.64. The Morgan fingerprint density at radius 3 is 2.62 bits per heavy atom. The van der Waals surface area contributed by atoms with Gasteiger partial charge in [0.15, 0.2) is 11.8 Å². The highest BCUT2D eigenvalue weighted by atomic mass is 16.5. The predicted octanol–water partition coefficient (Wildman–Crippen LogP) is 1.07. The fourth-order valence-corrected chi connectivity index (χ4v) is 3.07. The molecule has 148 valence electrons. The molecule has 8 heteroatoms. The summed E-state index contributed by atoms with van der Waals surface area (Å²) in [6.07, 6.45) is 3.23. The predicted molar refractivity (Wildman–Crippen MR) is 104 cm³/mol. The van der Waals surface area contributed by atoms with Crippen molar-refractivity contribution in [3.63, 3.8) is 0 Å². The van der Waals surface area contributed by atoms with Crippen LogP contribution in [-0.2, 0) is 18.3 Å². The number of nitrogens with zero attached hydrogens (tertiary/aromatic N) is 5. The Hall–Kier alpha value is -1.67. The molecule has 8 nitrogen and oxygen atoms in total. The Bertz CT molecular complexity index is 562. The van der Waals surface area contributed by atoms with Crippen LogP contribution in [0.3, 0.4) is 0 Å². The number of aliphatic imine (C=N–C) groups is 1. The quantitative estimate of drug-likeness (QED) is 0.408. The van der Waals surface area contributed by atoms with Gasteiger partial charge in [0, 0.05) is 52.5 Å². The van der Waals surface area contributed by atoms with Gasteiger partial charge in [-0.2, -0.15) is 0 Å². The van der Waals surface area contributed by atoms with Gasteiger partial charge in [0.25, 0.3) is 0 Å². The number of hydrogen-bond acceptors (Lipinski definition) is 5. The Kier molecular flexibility index (Phi) is 8.31. The molecule has 26 heavy (non-hydrogen) atoms. The van der Waals surface area contributed by atoms with E-state index in [0.717, 1.165) is 63.1 Å². The molecule has 2 heterocycles. The van der Waals surface area contributed by atoms with Crippen LogP contribution in [0, 0.1) is 6.92 Å². The number of nitrogens with one attached hydrogen (secondary N) is 2. The highest BCUT2D eigenvalue weighted by Gasteiger charge is 2.21. The maximum Gasteiger partial charge on any atom is 0.191 e. The third kappa shape index (κ3) is 6.25. The monoisotopic (exact) mass is 365 g/mol. The number of guanidine groups is 1. The summed E-state index contributed by atoms with van der Waals surface area (Å²) in [4.78, 5) is 7.26. The van der Waals surface area contributed by atoms with Crippen molar-refractivity contribution in [2.24, 2.45) is 12.0 Å². The molecular weight excluding hydrogens is 330 g/mol. The van der Waals surface area contributed by atoms with Crippen molar-refractivity contribution in [3.8, 4) is 0 Å². The first kappa shape index (κ1) is 20.6. The van der Waals surface area contributed by atoms with Crippen molar-refractivity contribution in [2.45, 2.75) is 58.7 Å². The van der Waals surface area contributed by atoms with Gasteiger partial charge in [0.2, 0.25) is 0 Å². The normalized spacial score (nSPS) is 17.1. The number of ether oxygens (including phenoxy) is 1. The first-order valence-corrected chi connectivity index (χ1v) is 9.64. The molecule has 0 bridgehead atoms. The van der Waals surface area contributed by atoms with Gasteiger partial charge in [-0.25, -0.2) is 4.99 Å². The summed E-state index contributed by atoms with van der Waals surface area (Å²) >= 11 is 0. The van der Waals surface area contributed by atoms with Crippen molar-refractivity contribution in [3.05, 3.63) is 11.6 Å². The molecule has 0 aliphatic carbocycles. The molecule has 1 aliphatic heterocycles. The van der Waals surface area contributed by atoms with E-state index in [4.69, 9.17) is 9.73 Å². The van der Waals surface area contributed by atoms with Crippen LogP contribution in [0.5, 0.6) is 0 Å². The van der Waals surface area contributed by atoms with E-state index in [1.807, 2.05) is 18.5 Å². The molecule has 0 spiro atoms. The minimum absolute atomic E-state index is 0.458. The standard InChI is InChI=1S/C18H35N7O/c1-14(2)25-10-7-16(8-11-25)21-18(19-9-6-12-26-5)20-13-17-23-22-15(3)24(17)4/h14,16H,6-13H2,1-5H3,(H2,19,20,21). The van der Waals surface area contributed by atoms with Gasteiger partial charge in [-0.15, -0.1) is 10.2 Å². The fraction of sp³-hybridized carbons (Fsp3) is 0.833. The molecule has 2 N–H and O–H groups in total. The second kappa shape index (κ2) is 10.5. The summed E-state index contributed by atoms with van der Waals surface area (Å²) in [6, 6.07) is 1.08. The van der Waals surface area contributed by atoms with Crippen molar-refractivity contribution < 1.29 is 4.74 Å². The van der Waals surface area contributed by atoms with Crippen LogP contribution >= 0.6 is 0 Å². The van der Waals surface area contributed by atoms with Gasteiger partial charge in [-0.1, -0.05) is 0 Å². The van der Waals surface area contributed by atoms with E-state index in [0.29, 0.717) is 18.6 Å². The van der Waals surface area contributed by atoms with E-state index in [9.17, 15) is 0 Å². The van der Waals surface area contributed by atoms with Crippen LogP contribution in [0.1, 0.15) is 44.8 Å². The van der Waals surface area contributed by atoms with Gasteiger partial charge >= 0.3 is 0 Å². The van der Waals surface area contributed by atoms with Crippen molar-refractivity contribution >= 4 is 5.96 Å². The SMILES string of the molecule is COCCCNC(=NCc1nnc(C)n1C)NC1CCN(C(C)C)CC1. The number of likely N-dealkylation sites (tertiary alicyclic amines) is 1. The molecule has 1 fully saturated rings.